The summed E-state index contributed by atoms with van der Waals surface area (Å²) in [6.07, 6.45) is 2.63. The highest BCUT2D eigenvalue weighted by atomic mass is 16.4. The molecular formula is C11H17NO3. The van der Waals surface area contributed by atoms with Gasteiger partial charge in [0.15, 0.2) is 0 Å². The lowest BCUT2D eigenvalue weighted by molar-refractivity contribution is 0.0410. The van der Waals surface area contributed by atoms with Gasteiger partial charge in [-0.1, -0.05) is 0 Å². The molecule has 0 spiro atoms. The predicted molar refractivity (Wildman–Crippen MR) is 55.3 cm³/mol. The van der Waals surface area contributed by atoms with Crippen LogP contribution in [0.2, 0.25) is 0 Å². The third kappa shape index (κ3) is 2.81. The van der Waals surface area contributed by atoms with Gasteiger partial charge in [-0.05, 0) is 37.4 Å². The van der Waals surface area contributed by atoms with Crippen LogP contribution in [0.25, 0.3) is 0 Å². The zero-order chi connectivity index (χ0) is 10.7. The van der Waals surface area contributed by atoms with E-state index in [2.05, 4.69) is 5.32 Å². The monoisotopic (exact) mass is 211 g/mol. The van der Waals surface area contributed by atoms with Gasteiger partial charge in [0, 0.05) is 6.54 Å². The molecule has 15 heavy (non-hydrogen) atoms. The van der Waals surface area contributed by atoms with Crippen LogP contribution in [0.3, 0.4) is 0 Å². The molecule has 1 heterocycles. The molecule has 4 nitrogen and oxygen atoms in total. The minimum absolute atomic E-state index is 0.105. The fourth-order valence-corrected chi connectivity index (χ4v) is 1.87. The number of aliphatic hydroxyl groups excluding tert-OH is 2. The minimum Gasteiger partial charge on any atom is -0.467 e. The molecule has 1 aromatic rings. The van der Waals surface area contributed by atoms with Gasteiger partial charge in [0.2, 0.25) is 0 Å². The molecule has 0 amide bonds. The highest BCUT2D eigenvalue weighted by Crippen LogP contribution is 2.26. The minimum atomic E-state index is -0.579. The Bertz CT molecular complexity index is 280. The molecule has 3 N–H and O–H groups in total. The van der Waals surface area contributed by atoms with Crippen LogP contribution < -0.4 is 5.32 Å². The summed E-state index contributed by atoms with van der Waals surface area (Å²) >= 11 is 0. The predicted octanol–water partition coefficient (Wildman–Crippen LogP) is 0.674. The first kappa shape index (κ1) is 10.7. The Morgan fingerprint density at radius 2 is 2.33 bits per heavy atom. The van der Waals surface area contributed by atoms with Gasteiger partial charge in [-0.2, -0.15) is 0 Å². The maximum Gasteiger partial charge on any atom is 0.133 e. The molecule has 2 rings (SSSR count). The number of furan rings is 1. The number of hydrogen-bond donors (Lipinski definition) is 3. The van der Waals surface area contributed by atoms with E-state index in [-0.39, 0.29) is 6.10 Å². The van der Waals surface area contributed by atoms with Gasteiger partial charge in [0.25, 0.3) is 0 Å². The zero-order valence-electron chi connectivity index (χ0n) is 8.60. The molecule has 1 atom stereocenters. The Morgan fingerprint density at radius 3 is 2.93 bits per heavy atom. The van der Waals surface area contributed by atoms with Crippen molar-refractivity contribution in [3.8, 4) is 0 Å². The van der Waals surface area contributed by atoms with E-state index in [1.54, 1.807) is 18.4 Å². The quantitative estimate of drug-likeness (QED) is 0.670. The van der Waals surface area contributed by atoms with Crippen molar-refractivity contribution < 1.29 is 14.6 Å². The van der Waals surface area contributed by atoms with E-state index in [9.17, 15) is 5.11 Å². The van der Waals surface area contributed by atoms with E-state index in [0.717, 1.165) is 19.4 Å². The zero-order valence-corrected chi connectivity index (χ0v) is 8.60. The first-order valence-corrected chi connectivity index (χ1v) is 5.36. The second-order valence-corrected chi connectivity index (χ2v) is 4.18. The fourth-order valence-electron chi connectivity index (χ4n) is 1.87. The smallest absolute Gasteiger partial charge is 0.133 e. The van der Waals surface area contributed by atoms with Crippen molar-refractivity contribution in [3.63, 3.8) is 0 Å². The Balaban J connectivity index is 1.62. The van der Waals surface area contributed by atoms with Crippen LogP contribution in [0, 0.1) is 5.92 Å². The first-order valence-electron chi connectivity index (χ1n) is 5.36. The average Bonchev–Trinajstić information content (AvgIpc) is 2.67. The normalized spacial score (nSPS) is 27.3. The second kappa shape index (κ2) is 4.79. The molecule has 84 valence electrons. The molecule has 0 radical (unpaired) electrons. The summed E-state index contributed by atoms with van der Waals surface area (Å²) < 4.78 is 5.08. The van der Waals surface area contributed by atoms with Crippen LogP contribution in [0.1, 0.15) is 24.7 Å². The Hall–Kier alpha value is -0.840. The summed E-state index contributed by atoms with van der Waals surface area (Å²) in [6.45, 7) is 1.36. The summed E-state index contributed by atoms with van der Waals surface area (Å²) in [7, 11) is 0. The van der Waals surface area contributed by atoms with Crippen molar-refractivity contribution in [2.75, 3.05) is 13.1 Å². The molecule has 0 saturated heterocycles. The maximum absolute atomic E-state index is 9.66. The molecular weight excluding hydrogens is 194 g/mol. The fraction of sp³-hybridized carbons (Fsp3) is 0.636. The van der Waals surface area contributed by atoms with E-state index in [1.807, 2.05) is 0 Å². The van der Waals surface area contributed by atoms with Crippen molar-refractivity contribution in [1.29, 1.82) is 0 Å². The standard InChI is InChI=1S/C11H17NO3/c13-9-4-8(5-9)6-12-7-10(14)11-2-1-3-15-11/h1-3,8-10,12-14H,4-7H2. The molecule has 1 aliphatic rings. The van der Waals surface area contributed by atoms with Gasteiger partial charge in [0.1, 0.15) is 11.9 Å². The van der Waals surface area contributed by atoms with Gasteiger partial charge < -0.3 is 19.9 Å². The summed E-state index contributed by atoms with van der Waals surface area (Å²) in [6, 6.07) is 3.53. The van der Waals surface area contributed by atoms with Gasteiger partial charge >= 0.3 is 0 Å². The Morgan fingerprint density at radius 1 is 1.53 bits per heavy atom. The third-order valence-corrected chi connectivity index (χ3v) is 2.85. The van der Waals surface area contributed by atoms with E-state index >= 15 is 0 Å². The highest BCUT2D eigenvalue weighted by Gasteiger charge is 2.26. The van der Waals surface area contributed by atoms with Crippen molar-refractivity contribution in [2.24, 2.45) is 5.92 Å². The van der Waals surface area contributed by atoms with Crippen molar-refractivity contribution >= 4 is 0 Å². The number of aliphatic hydroxyl groups is 2. The van der Waals surface area contributed by atoms with E-state index in [1.165, 1.54) is 0 Å². The van der Waals surface area contributed by atoms with Crippen LogP contribution in [-0.2, 0) is 0 Å². The maximum atomic E-state index is 9.66. The SMILES string of the molecule is OC1CC(CNCC(O)c2ccco2)C1. The average molecular weight is 211 g/mol. The van der Waals surface area contributed by atoms with Crippen LogP contribution in [-0.4, -0.2) is 29.4 Å². The molecule has 0 aliphatic heterocycles. The molecule has 1 fully saturated rings. The summed E-state index contributed by atoms with van der Waals surface area (Å²) in [5, 5.41) is 21.9. The Kier molecular flexibility index (Phi) is 3.41. The van der Waals surface area contributed by atoms with Gasteiger partial charge in [-0.25, -0.2) is 0 Å². The number of rotatable bonds is 5. The molecule has 1 aromatic heterocycles. The molecule has 0 bridgehead atoms. The third-order valence-electron chi connectivity index (χ3n) is 2.85. The lowest BCUT2D eigenvalue weighted by atomic mass is 9.82. The molecule has 0 aromatic carbocycles. The second-order valence-electron chi connectivity index (χ2n) is 4.18. The Labute approximate surface area is 88.9 Å². The largest absolute Gasteiger partial charge is 0.467 e. The molecule has 1 unspecified atom stereocenters. The summed E-state index contributed by atoms with van der Waals surface area (Å²) in [5.41, 5.74) is 0. The van der Waals surface area contributed by atoms with E-state index in [4.69, 9.17) is 9.52 Å². The van der Waals surface area contributed by atoms with E-state index in [0.29, 0.717) is 18.2 Å². The summed E-state index contributed by atoms with van der Waals surface area (Å²) in [5.74, 6) is 1.15. The van der Waals surface area contributed by atoms with Gasteiger partial charge in [-0.15, -0.1) is 0 Å². The number of nitrogens with one attached hydrogen (secondary N) is 1. The van der Waals surface area contributed by atoms with Crippen LogP contribution in [0.4, 0.5) is 0 Å². The lowest BCUT2D eigenvalue weighted by Gasteiger charge is -2.31. The van der Waals surface area contributed by atoms with Crippen molar-refractivity contribution in [1.82, 2.24) is 5.32 Å². The molecule has 1 aliphatic carbocycles. The van der Waals surface area contributed by atoms with Crippen molar-refractivity contribution in [3.05, 3.63) is 24.2 Å². The van der Waals surface area contributed by atoms with Crippen LogP contribution >= 0.6 is 0 Å². The lowest BCUT2D eigenvalue weighted by Crippen LogP contribution is -2.37. The topological polar surface area (TPSA) is 65.6 Å². The van der Waals surface area contributed by atoms with Gasteiger partial charge in [0.05, 0.1) is 12.4 Å². The number of hydrogen-bond acceptors (Lipinski definition) is 4. The van der Waals surface area contributed by atoms with Crippen LogP contribution in [0.5, 0.6) is 0 Å². The van der Waals surface area contributed by atoms with Gasteiger partial charge in [-0.3, -0.25) is 0 Å². The molecule has 1 saturated carbocycles. The highest BCUT2D eigenvalue weighted by molar-refractivity contribution is 5.02. The first-order chi connectivity index (χ1) is 7.25. The summed E-state index contributed by atoms with van der Waals surface area (Å²) in [4.78, 5) is 0. The van der Waals surface area contributed by atoms with Crippen LogP contribution in [0.15, 0.2) is 22.8 Å². The van der Waals surface area contributed by atoms with E-state index < -0.39 is 6.10 Å². The van der Waals surface area contributed by atoms with Crippen molar-refractivity contribution in [2.45, 2.75) is 25.0 Å². The molecule has 4 heteroatoms.